The number of pyridine rings is 1. The molecule has 2 aromatic carbocycles. The van der Waals surface area contributed by atoms with E-state index in [0.717, 1.165) is 10.1 Å². The maximum atomic E-state index is 13.6. The van der Waals surface area contributed by atoms with Crippen LogP contribution < -0.4 is 21.7 Å². The molecule has 10 heteroatoms. The Morgan fingerprint density at radius 1 is 1.05 bits per heavy atom. The first-order valence-electron chi connectivity index (χ1n) is 11.8. The zero-order valence-electron chi connectivity index (χ0n) is 20.6. The highest BCUT2D eigenvalue weighted by molar-refractivity contribution is 6.30. The summed E-state index contributed by atoms with van der Waals surface area (Å²) in [6, 6.07) is 19.3. The van der Waals surface area contributed by atoms with Crippen molar-refractivity contribution in [2.24, 2.45) is 10.4 Å². The zero-order valence-corrected chi connectivity index (χ0v) is 21.4. The highest BCUT2D eigenvalue weighted by Gasteiger charge is 2.24. The van der Waals surface area contributed by atoms with Gasteiger partial charge in [-0.05, 0) is 54.4 Å². The Morgan fingerprint density at radius 3 is 2.41 bits per heavy atom. The van der Waals surface area contributed by atoms with Crippen molar-refractivity contribution >= 4 is 17.3 Å². The summed E-state index contributed by atoms with van der Waals surface area (Å²) in [4.78, 5) is 38.0. The third-order valence-electron chi connectivity index (χ3n) is 6.14. The molecule has 1 atom stereocenters. The molecule has 2 N–H and O–H groups in total. The summed E-state index contributed by atoms with van der Waals surface area (Å²) in [5.74, 6) is 1.03. The molecule has 0 fully saturated rings. The van der Waals surface area contributed by atoms with Gasteiger partial charge in [-0.1, -0.05) is 43.6 Å². The fourth-order valence-electron chi connectivity index (χ4n) is 3.59. The van der Waals surface area contributed by atoms with E-state index in [-0.39, 0.29) is 25.3 Å². The van der Waals surface area contributed by atoms with Gasteiger partial charge in [0.15, 0.2) is 0 Å². The molecule has 0 spiro atoms. The van der Waals surface area contributed by atoms with Crippen molar-refractivity contribution in [3.05, 3.63) is 110 Å². The minimum atomic E-state index is -0.628. The van der Waals surface area contributed by atoms with Gasteiger partial charge < -0.3 is 9.84 Å². The number of aromatic amines is 1. The van der Waals surface area contributed by atoms with Crippen LogP contribution in [0.2, 0.25) is 5.02 Å². The molecule has 9 nitrogen and oxygen atoms in total. The number of aliphatic hydroxyl groups is 1. The smallest absolute Gasteiger partial charge is 0.335 e. The second-order valence-electron chi connectivity index (χ2n) is 9.03. The van der Waals surface area contributed by atoms with E-state index in [4.69, 9.17) is 16.3 Å². The summed E-state index contributed by atoms with van der Waals surface area (Å²) < 4.78 is 8.23. The molecule has 192 valence electrons. The lowest BCUT2D eigenvalue weighted by molar-refractivity contribution is 0.114. The van der Waals surface area contributed by atoms with E-state index >= 15 is 0 Å². The number of nitrogens with one attached hydrogen (secondary N) is 1. The van der Waals surface area contributed by atoms with Gasteiger partial charge in [0.2, 0.25) is 11.5 Å². The third kappa shape index (κ3) is 6.44. The fraction of sp³-hybridized carbons (Fsp3) is 0.259. The van der Waals surface area contributed by atoms with Crippen LogP contribution in [0.3, 0.4) is 0 Å². The number of hydrogen-bond acceptors (Lipinski definition) is 6. The van der Waals surface area contributed by atoms with Gasteiger partial charge in [0, 0.05) is 29.2 Å². The first-order chi connectivity index (χ1) is 17.8. The van der Waals surface area contributed by atoms with Gasteiger partial charge in [-0.3, -0.25) is 9.55 Å². The van der Waals surface area contributed by atoms with Gasteiger partial charge in [-0.25, -0.2) is 24.1 Å². The molecule has 0 saturated carbocycles. The topological polar surface area (TPSA) is 114 Å². The number of rotatable bonds is 9. The molecule has 0 radical (unpaired) electrons. The molecule has 4 aromatic rings. The second-order valence-corrected chi connectivity index (χ2v) is 9.47. The highest BCUT2D eigenvalue weighted by atomic mass is 35.5. The summed E-state index contributed by atoms with van der Waals surface area (Å²) in [5, 5.41) is 10.4. The van der Waals surface area contributed by atoms with E-state index in [1.807, 2.05) is 32.0 Å². The molecule has 0 aliphatic rings. The van der Waals surface area contributed by atoms with Crippen molar-refractivity contribution in [1.82, 2.24) is 19.1 Å². The number of aromatic nitrogens is 4. The maximum Gasteiger partial charge on any atom is 0.335 e. The normalized spacial score (nSPS) is 13.4. The molecule has 0 bridgehead atoms. The number of H-pyrrole nitrogens is 1. The van der Waals surface area contributed by atoms with Gasteiger partial charge in [0.1, 0.15) is 5.75 Å². The van der Waals surface area contributed by atoms with E-state index in [1.54, 1.807) is 54.7 Å². The molecule has 2 aromatic heterocycles. The lowest BCUT2D eigenvalue weighted by Crippen LogP contribution is -2.52. The van der Waals surface area contributed by atoms with Crippen LogP contribution in [0.1, 0.15) is 25.8 Å². The molecule has 4 rings (SSSR count). The lowest BCUT2D eigenvalue weighted by Gasteiger charge is -2.26. The number of halogens is 1. The standard InChI is InChI=1S/C27H28ClN5O4/c1-3-27(2,18-34)17-33-25(35)31-24(32(26(33)36)16-19-7-9-20(28)10-8-19)30-21-11-13-22(14-12-21)37-23-6-4-5-15-29-23/h4-15,34H,3,16-18H2,1-2H3,(H,30,31,35). The summed E-state index contributed by atoms with van der Waals surface area (Å²) in [7, 11) is 0. The summed E-state index contributed by atoms with van der Waals surface area (Å²) >= 11 is 6.02. The summed E-state index contributed by atoms with van der Waals surface area (Å²) in [6.45, 7) is 3.80. The van der Waals surface area contributed by atoms with Crippen LogP contribution in [0.25, 0.3) is 0 Å². The Balaban J connectivity index is 1.76. The SMILES string of the molecule is CCC(C)(CO)Cn1c(=O)[nH]/c(=N\c2ccc(Oc3ccccn3)cc2)n(Cc2ccc(Cl)cc2)c1=O. The molecule has 37 heavy (non-hydrogen) atoms. The third-order valence-corrected chi connectivity index (χ3v) is 6.39. The molecule has 0 aliphatic carbocycles. The van der Waals surface area contributed by atoms with Crippen LogP contribution in [0, 0.1) is 5.41 Å². The van der Waals surface area contributed by atoms with Gasteiger partial charge in [-0.2, -0.15) is 0 Å². The largest absolute Gasteiger partial charge is 0.439 e. The number of hydrogen-bond donors (Lipinski definition) is 2. The van der Waals surface area contributed by atoms with Crippen LogP contribution in [0.4, 0.5) is 5.69 Å². The van der Waals surface area contributed by atoms with Crippen molar-refractivity contribution in [2.45, 2.75) is 33.4 Å². The Bertz CT molecular complexity index is 1520. The van der Waals surface area contributed by atoms with E-state index in [0.29, 0.717) is 28.8 Å². The quantitative estimate of drug-likeness (QED) is 0.347. The molecular weight excluding hydrogens is 494 g/mol. The zero-order chi connectivity index (χ0) is 26.4. The molecule has 1 unspecified atom stereocenters. The Morgan fingerprint density at radius 2 is 1.78 bits per heavy atom. The predicted molar refractivity (Wildman–Crippen MR) is 141 cm³/mol. The van der Waals surface area contributed by atoms with Gasteiger partial charge in [0.05, 0.1) is 18.8 Å². The number of nitrogens with zero attached hydrogens (tertiary/aromatic N) is 4. The molecule has 0 amide bonds. The number of benzene rings is 2. The first kappa shape index (κ1) is 26.1. The maximum absolute atomic E-state index is 13.6. The first-order valence-corrected chi connectivity index (χ1v) is 12.2. The van der Waals surface area contributed by atoms with Crippen LogP contribution in [-0.2, 0) is 13.1 Å². The Labute approximate surface area is 218 Å². The average molecular weight is 522 g/mol. The lowest BCUT2D eigenvalue weighted by atomic mass is 9.88. The average Bonchev–Trinajstić information content (AvgIpc) is 2.91. The Hall–Kier alpha value is -3.95. The highest BCUT2D eigenvalue weighted by Crippen LogP contribution is 2.22. The monoisotopic (exact) mass is 521 g/mol. The molecule has 2 heterocycles. The number of aliphatic hydroxyl groups excluding tert-OH is 1. The van der Waals surface area contributed by atoms with E-state index in [2.05, 4.69) is 15.0 Å². The fourth-order valence-corrected chi connectivity index (χ4v) is 3.72. The van der Waals surface area contributed by atoms with Crippen LogP contribution in [-0.4, -0.2) is 30.8 Å². The van der Waals surface area contributed by atoms with Crippen molar-refractivity contribution in [3.8, 4) is 11.6 Å². The molecule has 0 aliphatic heterocycles. The van der Waals surface area contributed by atoms with Crippen molar-refractivity contribution in [3.63, 3.8) is 0 Å². The van der Waals surface area contributed by atoms with E-state index in [9.17, 15) is 14.7 Å². The molecular formula is C27H28ClN5O4. The van der Waals surface area contributed by atoms with Crippen LogP contribution >= 0.6 is 11.6 Å². The minimum Gasteiger partial charge on any atom is -0.439 e. The minimum absolute atomic E-state index is 0.0641. The molecule has 0 saturated heterocycles. The van der Waals surface area contributed by atoms with E-state index in [1.165, 1.54) is 4.57 Å². The van der Waals surface area contributed by atoms with Crippen molar-refractivity contribution in [1.29, 1.82) is 0 Å². The second kappa shape index (κ2) is 11.4. The summed E-state index contributed by atoms with van der Waals surface area (Å²) in [5.41, 5.74) is -0.334. The predicted octanol–water partition coefficient (Wildman–Crippen LogP) is 3.87. The van der Waals surface area contributed by atoms with Crippen LogP contribution in [0.5, 0.6) is 11.6 Å². The van der Waals surface area contributed by atoms with Gasteiger partial charge >= 0.3 is 11.4 Å². The Kier molecular flexibility index (Phi) is 8.05. The van der Waals surface area contributed by atoms with Gasteiger partial charge in [0.25, 0.3) is 0 Å². The number of ether oxygens (including phenoxy) is 1. The summed E-state index contributed by atoms with van der Waals surface area (Å²) in [6.07, 6.45) is 2.23. The van der Waals surface area contributed by atoms with Crippen molar-refractivity contribution < 1.29 is 9.84 Å². The van der Waals surface area contributed by atoms with E-state index < -0.39 is 16.8 Å². The van der Waals surface area contributed by atoms with Crippen molar-refractivity contribution in [2.75, 3.05) is 6.61 Å². The van der Waals surface area contributed by atoms with Gasteiger partial charge in [-0.15, -0.1) is 0 Å². The van der Waals surface area contributed by atoms with Crippen LogP contribution in [0.15, 0.2) is 87.5 Å².